The van der Waals surface area contributed by atoms with Crippen LogP contribution in [0.1, 0.15) is 61.3 Å². The summed E-state index contributed by atoms with van der Waals surface area (Å²) in [7, 11) is 0. The summed E-state index contributed by atoms with van der Waals surface area (Å²) in [4.78, 5) is 32.6. The van der Waals surface area contributed by atoms with Crippen molar-refractivity contribution in [3.8, 4) is 0 Å². The molecular formula is C21H41N5O3. The van der Waals surface area contributed by atoms with Gasteiger partial charge in [0.2, 0.25) is 5.91 Å². The van der Waals surface area contributed by atoms with Crippen LogP contribution in [0.5, 0.6) is 0 Å². The maximum absolute atomic E-state index is 12.4. The van der Waals surface area contributed by atoms with Crippen LogP contribution in [-0.4, -0.2) is 72.6 Å². The second-order valence-electron chi connectivity index (χ2n) is 9.37. The third-order valence-corrected chi connectivity index (χ3v) is 5.05. The molecule has 0 spiro atoms. The number of hydrogen-bond acceptors (Lipinski definition) is 4. The van der Waals surface area contributed by atoms with Crippen molar-refractivity contribution in [2.75, 3.05) is 39.3 Å². The lowest BCUT2D eigenvalue weighted by atomic mass is 9.93. The van der Waals surface area contributed by atoms with Crippen molar-refractivity contribution >= 4 is 18.0 Å². The maximum atomic E-state index is 12.4. The van der Waals surface area contributed by atoms with Gasteiger partial charge in [0, 0.05) is 32.7 Å². The molecule has 0 aromatic carbocycles. The van der Waals surface area contributed by atoms with Gasteiger partial charge in [-0.1, -0.05) is 0 Å². The molecule has 168 valence electrons. The molecular weight excluding hydrogens is 370 g/mol. The minimum absolute atomic E-state index is 0.244. The quantitative estimate of drug-likeness (QED) is 0.495. The molecule has 0 saturated carbocycles. The molecule has 0 unspecified atom stereocenters. The summed E-state index contributed by atoms with van der Waals surface area (Å²) in [6.45, 7) is 17.5. The highest BCUT2D eigenvalue weighted by molar-refractivity contribution is 5.82. The number of ether oxygens (including phenoxy) is 1. The minimum atomic E-state index is -0.673. The molecule has 1 saturated heterocycles. The van der Waals surface area contributed by atoms with E-state index in [1.54, 1.807) is 4.90 Å². The van der Waals surface area contributed by atoms with Crippen LogP contribution in [-0.2, 0) is 9.53 Å². The van der Waals surface area contributed by atoms with Crippen LogP contribution in [0.15, 0.2) is 4.99 Å². The Bertz CT molecular complexity index is 575. The second kappa shape index (κ2) is 10.7. The van der Waals surface area contributed by atoms with Crippen LogP contribution < -0.4 is 11.1 Å². The van der Waals surface area contributed by atoms with E-state index >= 15 is 0 Å². The molecule has 1 aliphatic heterocycles. The molecule has 1 fully saturated rings. The highest BCUT2D eigenvalue weighted by Crippen LogP contribution is 2.21. The van der Waals surface area contributed by atoms with Crippen LogP contribution in [0.4, 0.5) is 4.79 Å². The van der Waals surface area contributed by atoms with Crippen molar-refractivity contribution in [3.05, 3.63) is 0 Å². The van der Waals surface area contributed by atoms with Crippen molar-refractivity contribution in [2.45, 2.75) is 66.9 Å². The summed E-state index contributed by atoms with van der Waals surface area (Å²) in [5.41, 5.74) is 4.31. The number of aliphatic imine (C=N–C) groups is 1. The Kier molecular flexibility index (Phi) is 9.23. The van der Waals surface area contributed by atoms with Crippen LogP contribution in [0, 0.1) is 11.3 Å². The molecule has 0 atom stereocenters. The Hall–Kier alpha value is -1.99. The standard InChI is InChI=1S/C21H41N5O3/c1-8-23-18(24-15-21(6,7)17(22)27)26-12-10-16(11-13-26)14-25(9-2)19(28)29-20(3,4)5/h16H,8-15H2,1-7H3,(H2,22,27)(H,23,24). The zero-order valence-electron chi connectivity index (χ0n) is 19.4. The normalized spacial score (nSPS) is 16.5. The van der Waals surface area contributed by atoms with Crippen molar-refractivity contribution in [2.24, 2.45) is 22.1 Å². The topological polar surface area (TPSA) is 100 Å². The molecule has 0 radical (unpaired) electrons. The first-order valence-electron chi connectivity index (χ1n) is 10.7. The second-order valence-corrected chi connectivity index (χ2v) is 9.37. The van der Waals surface area contributed by atoms with Crippen LogP contribution in [0.2, 0.25) is 0 Å². The Morgan fingerprint density at radius 2 is 1.76 bits per heavy atom. The Morgan fingerprint density at radius 3 is 2.21 bits per heavy atom. The number of carbonyl (C=O) groups excluding carboxylic acids is 2. The van der Waals surface area contributed by atoms with Crippen LogP contribution in [0.25, 0.3) is 0 Å². The van der Waals surface area contributed by atoms with Gasteiger partial charge in [0.15, 0.2) is 5.96 Å². The molecule has 0 aliphatic carbocycles. The number of carbonyl (C=O) groups is 2. The van der Waals surface area contributed by atoms with E-state index in [1.807, 2.05) is 48.5 Å². The molecule has 29 heavy (non-hydrogen) atoms. The van der Waals surface area contributed by atoms with E-state index in [-0.39, 0.29) is 12.0 Å². The predicted molar refractivity (Wildman–Crippen MR) is 117 cm³/mol. The first-order chi connectivity index (χ1) is 13.4. The molecule has 8 heteroatoms. The lowest BCUT2D eigenvalue weighted by molar-refractivity contribution is -0.125. The SMILES string of the molecule is CCNC(=NCC(C)(C)C(N)=O)N1CCC(CN(CC)C(=O)OC(C)(C)C)CC1. The fourth-order valence-corrected chi connectivity index (χ4v) is 3.07. The van der Waals surface area contributed by atoms with E-state index in [9.17, 15) is 9.59 Å². The third-order valence-electron chi connectivity index (χ3n) is 5.05. The number of primary amides is 1. The summed E-state index contributed by atoms with van der Waals surface area (Å²) in [5, 5.41) is 3.31. The number of amides is 2. The van der Waals surface area contributed by atoms with Gasteiger partial charge in [0.1, 0.15) is 5.60 Å². The van der Waals surface area contributed by atoms with Gasteiger partial charge in [-0.3, -0.25) is 9.79 Å². The predicted octanol–water partition coefficient (Wildman–Crippen LogP) is 2.43. The van der Waals surface area contributed by atoms with Crippen LogP contribution >= 0.6 is 0 Å². The third kappa shape index (κ3) is 8.50. The Balaban J connectivity index is 2.66. The van der Waals surface area contributed by atoms with Crippen molar-refractivity contribution in [3.63, 3.8) is 0 Å². The highest BCUT2D eigenvalue weighted by Gasteiger charge is 2.28. The fourth-order valence-electron chi connectivity index (χ4n) is 3.07. The summed E-state index contributed by atoms with van der Waals surface area (Å²) in [6, 6.07) is 0. The maximum Gasteiger partial charge on any atom is 0.410 e. The van der Waals surface area contributed by atoms with Crippen molar-refractivity contribution < 1.29 is 14.3 Å². The lowest BCUT2D eigenvalue weighted by Crippen LogP contribution is -2.48. The van der Waals surface area contributed by atoms with E-state index in [4.69, 9.17) is 10.5 Å². The lowest BCUT2D eigenvalue weighted by Gasteiger charge is -2.36. The molecule has 0 aromatic heterocycles. The highest BCUT2D eigenvalue weighted by atomic mass is 16.6. The van der Waals surface area contributed by atoms with Gasteiger partial charge in [-0.2, -0.15) is 0 Å². The molecule has 1 heterocycles. The molecule has 0 aromatic rings. The number of hydrogen-bond donors (Lipinski definition) is 2. The number of nitrogens with zero attached hydrogens (tertiary/aromatic N) is 3. The summed E-state index contributed by atoms with van der Waals surface area (Å²) < 4.78 is 5.52. The van der Waals surface area contributed by atoms with Gasteiger partial charge in [0.25, 0.3) is 0 Å². The molecule has 2 amide bonds. The smallest absolute Gasteiger partial charge is 0.410 e. The fraction of sp³-hybridized carbons (Fsp3) is 0.857. The van der Waals surface area contributed by atoms with E-state index in [0.717, 1.165) is 38.4 Å². The number of nitrogens with two attached hydrogens (primary N) is 1. The van der Waals surface area contributed by atoms with Gasteiger partial charge < -0.3 is 25.6 Å². The number of piperidine rings is 1. The average Bonchev–Trinajstić information content (AvgIpc) is 2.62. The molecule has 0 bridgehead atoms. The van der Waals surface area contributed by atoms with Crippen molar-refractivity contribution in [1.29, 1.82) is 0 Å². The number of rotatable bonds is 7. The Morgan fingerprint density at radius 1 is 1.17 bits per heavy atom. The van der Waals surface area contributed by atoms with Gasteiger partial charge in [-0.15, -0.1) is 0 Å². The monoisotopic (exact) mass is 411 g/mol. The number of nitrogens with one attached hydrogen (secondary N) is 1. The molecule has 3 N–H and O–H groups in total. The number of guanidine groups is 1. The summed E-state index contributed by atoms with van der Waals surface area (Å²) >= 11 is 0. The minimum Gasteiger partial charge on any atom is -0.444 e. The average molecular weight is 412 g/mol. The molecule has 1 rings (SSSR count). The first-order valence-corrected chi connectivity index (χ1v) is 10.7. The van der Waals surface area contributed by atoms with E-state index in [1.165, 1.54) is 0 Å². The Labute approximate surface area is 176 Å². The molecule has 1 aliphatic rings. The van der Waals surface area contributed by atoms with Gasteiger partial charge in [0.05, 0.1) is 12.0 Å². The van der Waals surface area contributed by atoms with Crippen molar-refractivity contribution in [1.82, 2.24) is 15.1 Å². The molecule has 8 nitrogen and oxygen atoms in total. The summed E-state index contributed by atoms with van der Waals surface area (Å²) in [6.07, 6.45) is 1.71. The van der Waals surface area contributed by atoms with E-state index in [2.05, 4.69) is 15.2 Å². The van der Waals surface area contributed by atoms with Gasteiger partial charge in [-0.05, 0) is 67.2 Å². The van der Waals surface area contributed by atoms with E-state index in [0.29, 0.717) is 25.6 Å². The van der Waals surface area contributed by atoms with E-state index < -0.39 is 11.0 Å². The van der Waals surface area contributed by atoms with Gasteiger partial charge >= 0.3 is 6.09 Å². The first kappa shape index (κ1) is 25.0. The summed E-state index contributed by atoms with van der Waals surface area (Å²) in [5.74, 6) is 0.904. The zero-order valence-corrected chi connectivity index (χ0v) is 19.4. The van der Waals surface area contributed by atoms with Gasteiger partial charge in [-0.25, -0.2) is 4.79 Å². The van der Waals surface area contributed by atoms with Crippen LogP contribution in [0.3, 0.4) is 0 Å². The largest absolute Gasteiger partial charge is 0.444 e. The zero-order chi connectivity index (χ0) is 22.2. The number of likely N-dealkylation sites (tertiary alicyclic amines) is 1.